The number of aromatic nitrogens is 1. The number of carbonyl (C=O) groups excluding carboxylic acids is 1. The Kier molecular flexibility index (Phi) is 3.47. The number of aliphatic carboxylic acids is 1. The summed E-state index contributed by atoms with van der Waals surface area (Å²) in [5, 5.41) is 14.8. The highest BCUT2D eigenvalue weighted by Gasteiger charge is 2.43. The van der Waals surface area contributed by atoms with Crippen molar-refractivity contribution in [2.45, 2.75) is 19.3 Å². The van der Waals surface area contributed by atoms with Gasteiger partial charge >= 0.3 is 5.97 Å². The number of nitrogens with one attached hydrogen (secondary N) is 2. The molecular weight excluding hydrogens is 270 g/mol. The zero-order chi connectivity index (χ0) is 14.9. The molecule has 0 aromatic carbocycles. The van der Waals surface area contributed by atoms with Gasteiger partial charge in [-0.1, -0.05) is 0 Å². The highest BCUT2D eigenvalue weighted by molar-refractivity contribution is 5.97. The molecule has 2 aliphatic heterocycles. The average Bonchev–Trinajstić information content (AvgIpc) is 2.47. The minimum Gasteiger partial charge on any atom is -0.478 e. The maximum atomic E-state index is 12.4. The van der Waals surface area contributed by atoms with E-state index < -0.39 is 5.97 Å². The topological polar surface area (TPSA) is 91.3 Å². The molecule has 0 atom stereocenters. The lowest BCUT2D eigenvalue weighted by atomic mass is 9.71. The summed E-state index contributed by atoms with van der Waals surface area (Å²) in [5.41, 5.74) is 1.36. The smallest absolute Gasteiger partial charge is 0.328 e. The summed E-state index contributed by atoms with van der Waals surface area (Å²) in [5.74, 6) is -0.342. The highest BCUT2D eigenvalue weighted by atomic mass is 16.4. The second-order valence-corrected chi connectivity index (χ2v) is 5.61. The van der Waals surface area contributed by atoms with E-state index in [1.54, 1.807) is 6.20 Å². The summed E-state index contributed by atoms with van der Waals surface area (Å²) in [7, 11) is 0. The van der Waals surface area contributed by atoms with Gasteiger partial charge in [0.05, 0.1) is 5.41 Å². The van der Waals surface area contributed by atoms with Crippen molar-refractivity contribution in [2.24, 2.45) is 5.41 Å². The fraction of sp³-hybridized carbons (Fsp3) is 0.400. The van der Waals surface area contributed by atoms with Gasteiger partial charge in [-0.15, -0.1) is 0 Å². The van der Waals surface area contributed by atoms with Gasteiger partial charge in [0.15, 0.2) is 0 Å². The molecule has 21 heavy (non-hydrogen) atoms. The van der Waals surface area contributed by atoms with Gasteiger partial charge in [0.1, 0.15) is 5.82 Å². The molecule has 1 aromatic heterocycles. The molecule has 0 radical (unpaired) electrons. The number of hydrogen-bond donors (Lipinski definition) is 3. The van der Waals surface area contributed by atoms with Crippen LogP contribution in [-0.2, 0) is 16.0 Å². The van der Waals surface area contributed by atoms with Crippen LogP contribution in [0.5, 0.6) is 0 Å². The van der Waals surface area contributed by atoms with Crippen molar-refractivity contribution in [2.75, 3.05) is 18.4 Å². The van der Waals surface area contributed by atoms with E-state index in [9.17, 15) is 9.59 Å². The molecule has 0 aliphatic carbocycles. The minimum absolute atomic E-state index is 0.0535. The standard InChI is InChI=1S/C15H17N3O3/c19-12(20)2-1-10-7-11-8-15(3-5-16-6-4-15)14(21)18-13(11)17-9-10/h1-2,7,9,16H,3-6,8H2,(H,19,20)(H,17,18,21)/b2-1+. The van der Waals surface area contributed by atoms with Crippen LogP contribution in [0.1, 0.15) is 24.0 Å². The third-order valence-corrected chi connectivity index (χ3v) is 4.21. The van der Waals surface area contributed by atoms with Crippen LogP contribution in [0.3, 0.4) is 0 Å². The molecule has 0 saturated carbocycles. The fourth-order valence-electron chi connectivity index (χ4n) is 3.03. The predicted octanol–water partition coefficient (Wildman–Crippen LogP) is 1.04. The molecule has 6 heteroatoms. The molecular formula is C15H17N3O3. The lowest BCUT2D eigenvalue weighted by Gasteiger charge is -2.39. The zero-order valence-corrected chi connectivity index (χ0v) is 11.6. The Bertz CT molecular complexity index is 619. The summed E-state index contributed by atoms with van der Waals surface area (Å²) in [6, 6.07) is 1.91. The number of amides is 1. The first-order valence-corrected chi connectivity index (χ1v) is 7.01. The Morgan fingerprint density at radius 3 is 2.86 bits per heavy atom. The predicted molar refractivity (Wildman–Crippen MR) is 77.8 cm³/mol. The SMILES string of the molecule is O=C(O)/C=C/c1cnc2c(c1)CC1(CCNCC1)C(=O)N2. The van der Waals surface area contributed by atoms with E-state index in [-0.39, 0.29) is 11.3 Å². The summed E-state index contributed by atoms with van der Waals surface area (Å²) in [4.78, 5) is 27.2. The Labute approximate surface area is 122 Å². The first-order chi connectivity index (χ1) is 10.1. The number of anilines is 1. The van der Waals surface area contributed by atoms with Crippen molar-refractivity contribution in [3.63, 3.8) is 0 Å². The van der Waals surface area contributed by atoms with Crippen LogP contribution in [0.15, 0.2) is 18.3 Å². The number of hydrogen-bond acceptors (Lipinski definition) is 4. The molecule has 1 amide bonds. The van der Waals surface area contributed by atoms with Gasteiger partial charge in [-0.3, -0.25) is 4.79 Å². The van der Waals surface area contributed by atoms with Crippen LogP contribution in [0.4, 0.5) is 5.82 Å². The molecule has 110 valence electrons. The van der Waals surface area contributed by atoms with E-state index in [2.05, 4.69) is 15.6 Å². The molecule has 0 bridgehead atoms. The molecule has 1 saturated heterocycles. The van der Waals surface area contributed by atoms with E-state index in [1.807, 2.05) is 6.07 Å². The lowest BCUT2D eigenvalue weighted by Crippen LogP contribution is -2.48. The van der Waals surface area contributed by atoms with Crippen LogP contribution in [-0.4, -0.2) is 35.1 Å². The molecule has 0 unspecified atom stereocenters. The van der Waals surface area contributed by atoms with Crippen LogP contribution in [0, 0.1) is 5.41 Å². The summed E-state index contributed by atoms with van der Waals surface area (Å²) >= 11 is 0. The molecule has 2 aliphatic rings. The number of carboxylic acid groups (broad SMARTS) is 1. The number of piperidine rings is 1. The highest BCUT2D eigenvalue weighted by Crippen LogP contribution is 2.39. The molecule has 3 N–H and O–H groups in total. The van der Waals surface area contributed by atoms with Gasteiger partial charge in [-0.2, -0.15) is 0 Å². The number of fused-ring (bicyclic) bond motifs is 1. The summed E-state index contributed by atoms with van der Waals surface area (Å²) in [6.07, 6.45) is 6.46. The number of pyridine rings is 1. The third kappa shape index (κ3) is 2.67. The van der Waals surface area contributed by atoms with Crippen molar-refractivity contribution in [1.82, 2.24) is 10.3 Å². The normalized spacial score (nSPS) is 20.3. The van der Waals surface area contributed by atoms with E-state index in [1.165, 1.54) is 6.08 Å². The second kappa shape index (κ2) is 5.29. The first kappa shape index (κ1) is 13.8. The quantitative estimate of drug-likeness (QED) is 0.707. The molecule has 6 nitrogen and oxygen atoms in total. The van der Waals surface area contributed by atoms with Crippen molar-refractivity contribution in [3.8, 4) is 0 Å². The number of carboxylic acids is 1. The zero-order valence-electron chi connectivity index (χ0n) is 11.6. The molecule has 1 fully saturated rings. The molecule has 1 aromatic rings. The Balaban J connectivity index is 1.90. The Morgan fingerprint density at radius 2 is 2.14 bits per heavy atom. The molecule has 1 spiro atoms. The van der Waals surface area contributed by atoms with Crippen LogP contribution >= 0.6 is 0 Å². The van der Waals surface area contributed by atoms with Gasteiger partial charge < -0.3 is 15.7 Å². The number of rotatable bonds is 2. The molecule has 3 heterocycles. The fourth-order valence-corrected chi connectivity index (χ4v) is 3.03. The van der Waals surface area contributed by atoms with Gasteiger partial charge in [-0.25, -0.2) is 9.78 Å². The van der Waals surface area contributed by atoms with Crippen molar-refractivity contribution in [1.29, 1.82) is 0 Å². The molecule has 3 rings (SSSR count). The first-order valence-electron chi connectivity index (χ1n) is 7.01. The van der Waals surface area contributed by atoms with Gasteiger partial charge in [0, 0.05) is 12.3 Å². The number of carbonyl (C=O) groups is 2. The van der Waals surface area contributed by atoms with Gasteiger partial charge in [0.25, 0.3) is 0 Å². The maximum Gasteiger partial charge on any atom is 0.328 e. The van der Waals surface area contributed by atoms with Crippen LogP contribution in [0.2, 0.25) is 0 Å². The van der Waals surface area contributed by atoms with Crippen LogP contribution < -0.4 is 10.6 Å². The monoisotopic (exact) mass is 287 g/mol. The van der Waals surface area contributed by atoms with E-state index in [0.717, 1.165) is 43.1 Å². The van der Waals surface area contributed by atoms with Crippen molar-refractivity contribution >= 4 is 23.8 Å². The summed E-state index contributed by atoms with van der Waals surface area (Å²) in [6.45, 7) is 1.68. The van der Waals surface area contributed by atoms with Crippen molar-refractivity contribution < 1.29 is 14.7 Å². The van der Waals surface area contributed by atoms with Crippen LogP contribution in [0.25, 0.3) is 6.08 Å². The largest absolute Gasteiger partial charge is 0.478 e. The minimum atomic E-state index is -0.990. The van der Waals surface area contributed by atoms with Crippen molar-refractivity contribution in [3.05, 3.63) is 29.5 Å². The summed E-state index contributed by atoms with van der Waals surface area (Å²) < 4.78 is 0. The maximum absolute atomic E-state index is 12.4. The average molecular weight is 287 g/mol. The Hall–Kier alpha value is -2.21. The van der Waals surface area contributed by atoms with E-state index in [0.29, 0.717) is 12.2 Å². The Morgan fingerprint density at radius 1 is 1.38 bits per heavy atom. The van der Waals surface area contributed by atoms with Gasteiger partial charge in [0.2, 0.25) is 5.91 Å². The van der Waals surface area contributed by atoms with E-state index in [4.69, 9.17) is 5.11 Å². The second-order valence-electron chi connectivity index (χ2n) is 5.61. The third-order valence-electron chi connectivity index (χ3n) is 4.21. The van der Waals surface area contributed by atoms with E-state index >= 15 is 0 Å². The van der Waals surface area contributed by atoms with Gasteiger partial charge in [-0.05, 0) is 55.6 Å². The number of nitrogens with zero attached hydrogens (tertiary/aromatic N) is 1. The lowest BCUT2D eigenvalue weighted by molar-refractivity contribution is -0.131.